The lowest BCUT2D eigenvalue weighted by Gasteiger charge is -2.27. The quantitative estimate of drug-likeness (QED) is 0.337. The Morgan fingerprint density at radius 1 is 1.16 bits per heavy atom. The molecule has 0 radical (unpaired) electrons. The predicted molar refractivity (Wildman–Crippen MR) is 130 cm³/mol. The third kappa shape index (κ3) is 7.12. The van der Waals surface area contributed by atoms with Gasteiger partial charge in [-0.15, -0.1) is 0 Å². The zero-order valence-corrected chi connectivity index (χ0v) is 19.4. The fourth-order valence-corrected chi connectivity index (χ4v) is 3.14. The third-order valence-corrected chi connectivity index (χ3v) is 4.83. The number of aryl methyl sites for hydroxylation is 1. The highest BCUT2D eigenvalue weighted by Gasteiger charge is 2.37. The summed E-state index contributed by atoms with van der Waals surface area (Å²) < 4.78 is 29.0. The van der Waals surface area contributed by atoms with E-state index in [2.05, 4.69) is 16.9 Å². The van der Waals surface area contributed by atoms with Crippen molar-refractivity contribution in [1.29, 1.82) is 0 Å². The summed E-state index contributed by atoms with van der Waals surface area (Å²) in [6.45, 7) is 12.6. The molecule has 2 aromatic rings. The smallest absolute Gasteiger partial charge is 0.270 e. The van der Waals surface area contributed by atoms with Crippen LogP contribution in [0.25, 0.3) is 0 Å². The molecule has 0 fully saturated rings. The third-order valence-electron chi connectivity index (χ3n) is 4.83. The maximum absolute atomic E-state index is 14.5. The van der Waals surface area contributed by atoms with Crippen LogP contribution in [0.1, 0.15) is 50.6 Å². The molecular formula is C27H31F2N3. The van der Waals surface area contributed by atoms with Crippen molar-refractivity contribution in [3.63, 3.8) is 0 Å². The molecule has 1 heterocycles. The number of allylic oxidation sites excluding steroid dienone is 5. The molecule has 0 saturated carbocycles. The van der Waals surface area contributed by atoms with Gasteiger partial charge in [-0.05, 0) is 51.0 Å². The average molecular weight is 436 g/mol. The van der Waals surface area contributed by atoms with E-state index in [9.17, 15) is 8.78 Å². The summed E-state index contributed by atoms with van der Waals surface area (Å²) in [7, 11) is 0. The number of nitrogens with zero attached hydrogens (tertiary/aromatic N) is 2. The van der Waals surface area contributed by atoms with Crippen molar-refractivity contribution in [2.75, 3.05) is 0 Å². The van der Waals surface area contributed by atoms with Crippen molar-refractivity contribution < 1.29 is 8.78 Å². The largest absolute Gasteiger partial charge is 0.370 e. The first-order chi connectivity index (χ1) is 15.1. The Labute approximate surface area is 190 Å². The van der Waals surface area contributed by atoms with Gasteiger partial charge < -0.3 is 5.32 Å². The standard InChI is InChI=1S/C27H31F2N3/c1-7-8-9-14-20(3)25(31-21(4)23-15-12-13-19(2)18-23)22(5)32-26(27(6,28)29)24-16-10-11-17-30-24/h7-18,26,32H,5H2,1-4,6H3/b8-7-,14-9-,25-20+,31-21?. The Hall–Kier alpha value is -3.34. The minimum Gasteiger partial charge on any atom is -0.370 e. The topological polar surface area (TPSA) is 37.3 Å². The molecule has 168 valence electrons. The lowest BCUT2D eigenvalue weighted by atomic mass is 10.0. The van der Waals surface area contributed by atoms with Gasteiger partial charge >= 0.3 is 0 Å². The molecule has 0 aliphatic heterocycles. The second kappa shape index (κ2) is 11.3. The van der Waals surface area contributed by atoms with E-state index >= 15 is 0 Å². The van der Waals surface area contributed by atoms with Crippen molar-refractivity contribution in [2.45, 2.75) is 46.6 Å². The highest BCUT2D eigenvalue weighted by Crippen LogP contribution is 2.32. The summed E-state index contributed by atoms with van der Waals surface area (Å²) in [5.74, 6) is -3.06. The fraction of sp³-hybridized carbons (Fsp3) is 0.259. The molecule has 0 spiro atoms. The molecule has 0 aliphatic rings. The van der Waals surface area contributed by atoms with Crippen LogP contribution in [0.2, 0.25) is 0 Å². The van der Waals surface area contributed by atoms with Crippen LogP contribution in [0.5, 0.6) is 0 Å². The minimum absolute atomic E-state index is 0.238. The molecule has 0 saturated heterocycles. The number of halogens is 2. The first-order valence-corrected chi connectivity index (χ1v) is 10.5. The van der Waals surface area contributed by atoms with E-state index in [0.717, 1.165) is 29.3 Å². The van der Waals surface area contributed by atoms with Gasteiger partial charge in [0.1, 0.15) is 6.04 Å². The van der Waals surface area contributed by atoms with Gasteiger partial charge in [0.2, 0.25) is 0 Å². The van der Waals surface area contributed by atoms with E-state index < -0.39 is 12.0 Å². The Balaban J connectivity index is 2.50. The fourth-order valence-electron chi connectivity index (χ4n) is 3.14. The normalized spacial score (nSPS) is 14.5. The molecular weight excluding hydrogens is 404 g/mol. The molecule has 1 aromatic carbocycles. The Morgan fingerprint density at radius 2 is 1.91 bits per heavy atom. The summed E-state index contributed by atoms with van der Waals surface area (Å²) in [5.41, 5.74) is 4.69. The molecule has 0 aliphatic carbocycles. The molecule has 1 aromatic heterocycles. The highest BCUT2D eigenvalue weighted by molar-refractivity contribution is 5.99. The zero-order valence-electron chi connectivity index (χ0n) is 19.4. The van der Waals surface area contributed by atoms with Gasteiger partial charge in [0.05, 0.1) is 17.1 Å². The van der Waals surface area contributed by atoms with Crippen LogP contribution >= 0.6 is 0 Å². The van der Waals surface area contributed by atoms with Crippen molar-refractivity contribution in [2.24, 2.45) is 4.99 Å². The Bertz CT molecular complexity index is 1040. The first kappa shape index (κ1) is 24.9. The second-order valence-electron chi connectivity index (χ2n) is 7.75. The number of nitrogens with one attached hydrogen (secondary N) is 1. The average Bonchev–Trinajstić information content (AvgIpc) is 2.75. The van der Waals surface area contributed by atoms with Gasteiger partial charge in [-0.1, -0.05) is 66.8 Å². The van der Waals surface area contributed by atoms with Crippen LogP contribution in [0.15, 0.2) is 102 Å². The van der Waals surface area contributed by atoms with Gasteiger partial charge in [0, 0.05) is 18.8 Å². The van der Waals surface area contributed by atoms with E-state index in [1.807, 2.05) is 76.3 Å². The second-order valence-corrected chi connectivity index (χ2v) is 7.75. The van der Waals surface area contributed by atoms with Gasteiger partial charge in [0.25, 0.3) is 5.92 Å². The molecule has 1 atom stereocenters. The highest BCUT2D eigenvalue weighted by atomic mass is 19.3. The Morgan fingerprint density at radius 3 is 2.50 bits per heavy atom. The molecule has 1 N–H and O–H groups in total. The zero-order chi connectivity index (χ0) is 23.7. The van der Waals surface area contributed by atoms with Crippen molar-refractivity contribution in [3.8, 4) is 0 Å². The van der Waals surface area contributed by atoms with Crippen LogP contribution in [0, 0.1) is 6.92 Å². The van der Waals surface area contributed by atoms with Crippen LogP contribution in [0.4, 0.5) is 8.78 Å². The molecule has 0 bridgehead atoms. The number of aliphatic imine (C=N–C) groups is 1. The van der Waals surface area contributed by atoms with Gasteiger partial charge in [-0.25, -0.2) is 8.78 Å². The summed E-state index contributed by atoms with van der Waals surface area (Å²) >= 11 is 0. The molecule has 32 heavy (non-hydrogen) atoms. The van der Waals surface area contributed by atoms with E-state index in [4.69, 9.17) is 4.99 Å². The van der Waals surface area contributed by atoms with Crippen molar-refractivity contribution >= 4 is 5.71 Å². The maximum Gasteiger partial charge on any atom is 0.270 e. The van der Waals surface area contributed by atoms with Crippen LogP contribution in [-0.2, 0) is 0 Å². The lowest BCUT2D eigenvalue weighted by molar-refractivity contribution is -0.0173. The first-order valence-electron chi connectivity index (χ1n) is 10.5. The van der Waals surface area contributed by atoms with Crippen molar-refractivity contribution in [1.82, 2.24) is 10.3 Å². The number of aromatic nitrogens is 1. The van der Waals surface area contributed by atoms with Gasteiger partial charge in [0.15, 0.2) is 0 Å². The monoisotopic (exact) mass is 435 g/mol. The number of benzene rings is 1. The molecule has 0 amide bonds. The van der Waals surface area contributed by atoms with Crippen LogP contribution in [-0.4, -0.2) is 16.6 Å². The Kier molecular flexibility index (Phi) is 8.82. The van der Waals surface area contributed by atoms with Crippen molar-refractivity contribution in [3.05, 3.63) is 113 Å². The summed E-state index contributed by atoms with van der Waals surface area (Å²) in [6, 6.07) is 11.6. The molecule has 5 heteroatoms. The predicted octanol–water partition coefficient (Wildman–Crippen LogP) is 7.11. The van der Waals surface area contributed by atoms with Gasteiger partial charge in [-0.3, -0.25) is 9.98 Å². The number of hydrogen-bond donors (Lipinski definition) is 1. The lowest BCUT2D eigenvalue weighted by Crippen LogP contribution is -2.35. The number of rotatable bonds is 9. The maximum atomic E-state index is 14.5. The molecule has 3 nitrogen and oxygen atoms in total. The van der Waals surface area contributed by atoms with Gasteiger partial charge in [-0.2, -0.15) is 0 Å². The van der Waals surface area contributed by atoms with Crippen LogP contribution in [0.3, 0.4) is 0 Å². The van der Waals surface area contributed by atoms with E-state index in [1.165, 1.54) is 6.20 Å². The summed E-state index contributed by atoms with van der Waals surface area (Å²) in [4.78, 5) is 8.91. The SMILES string of the molecule is C=C(NC(c1ccccn1)C(C)(F)F)\C(N=C(C)c1cccc(C)c1)=C(C)/C=C\C=C/C. The van der Waals surface area contributed by atoms with E-state index in [1.54, 1.807) is 18.2 Å². The number of pyridine rings is 1. The van der Waals surface area contributed by atoms with E-state index in [0.29, 0.717) is 11.4 Å². The molecule has 1 unspecified atom stereocenters. The summed E-state index contributed by atoms with van der Waals surface area (Å²) in [5, 5.41) is 2.89. The van der Waals surface area contributed by atoms with Crippen LogP contribution < -0.4 is 5.32 Å². The molecule has 2 rings (SSSR count). The number of alkyl halides is 2. The summed E-state index contributed by atoms with van der Waals surface area (Å²) in [6.07, 6.45) is 9.07. The van der Waals surface area contributed by atoms with E-state index in [-0.39, 0.29) is 5.69 Å². The minimum atomic E-state index is -3.06. The number of hydrogen-bond acceptors (Lipinski definition) is 3.